The average Bonchev–Trinajstić information content (AvgIpc) is 2.28. The summed E-state index contributed by atoms with van der Waals surface area (Å²) < 4.78 is 24.6. The minimum Gasteiger partial charge on any atom is -0.475 e. The molecule has 0 amide bonds. The Morgan fingerprint density at radius 3 is 2.59 bits per heavy atom. The third kappa shape index (κ3) is 2.10. The van der Waals surface area contributed by atoms with E-state index in [4.69, 9.17) is 14.1 Å². The highest BCUT2D eigenvalue weighted by Gasteiger charge is 2.11. The van der Waals surface area contributed by atoms with E-state index in [1.54, 1.807) is 0 Å². The molecule has 0 radical (unpaired) electrons. The van der Waals surface area contributed by atoms with Crippen LogP contribution in [0.3, 0.4) is 0 Å². The molecule has 0 bridgehead atoms. The Hall–Kier alpha value is -1.99. The molecule has 6 nitrogen and oxygen atoms in total. The monoisotopic (exact) mass is 254 g/mol. The summed E-state index contributed by atoms with van der Waals surface area (Å²) in [5, 5.41) is 8.76. The van der Waals surface area contributed by atoms with E-state index >= 15 is 0 Å². The van der Waals surface area contributed by atoms with Crippen molar-refractivity contribution in [1.29, 1.82) is 0 Å². The van der Waals surface area contributed by atoms with Gasteiger partial charge >= 0.3 is 5.97 Å². The summed E-state index contributed by atoms with van der Waals surface area (Å²) in [6.07, 6.45) is 0. The lowest BCUT2D eigenvalue weighted by molar-refractivity contribution is 0.0663. The molecule has 1 atom stereocenters. The maximum Gasteiger partial charge on any atom is 0.371 e. The van der Waals surface area contributed by atoms with Crippen LogP contribution in [-0.2, 0) is 11.1 Å². The van der Waals surface area contributed by atoms with Gasteiger partial charge in [0, 0.05) is 6.07 Å². The molecule has 1 unspecified atom stereocenters. The second kappa shape index (κ2) is 4.11. The number of aromatic carboxylic acids is 1. The van der Waals surface area contributed by atoms with Crippen LogP contribution in [0, 0.1) is 0 Å². The van der Waals surface area contributed by atoms with E-state index in [0.29, 0.717) is 0 Å². The molecule has 0 aliphatic carbocycles. The number of fused-ring (bicyclic) bond motifs is 1. The molecule has 1 aromatic carbocycles. The highest BCUT2D eigenvalue weighted by atomic mass is 32.2. The number of carboxylic acids is 1. The first kappa shape index (κ1) is 11.5. The van der Waals surface area contributed by atoms with Crippen LogP contribution in [0.4, 0.5) is 0 Å². The first-order valence-corrected chi connectivity index (χ1v) is 5.52. The van der Waals surface area contributed by atoms with E-state index in [-0.39, 0.29) is 15.9 Å². The molecule has 2 rings (SSSR count). The van der Waals surface area contributed by atoms with Crippen LogP contribution in [0.25, 0.3) is 11.0 Å². The van der Waals surface area contributed by atoms with Crippen LogP contribution in [0.5, 0.6) is 0 Å². The summed E-state index contributed by atoms with van der Waals surface area (Å²) in [7, 11) is 0. The van der Waals surface area contributed by atoms with Gasteiger partial charge < -0.3 is 14.1 Å². The van der Waals surface area contributed by atoms with Gasteiger partial charge in [-0.2, -0.15) is 0 Å². The molecule has 17 heavy (non-hydrogen) atoms. The Labute approximate surface area is 96.8 Å². The van der Waals surface area contributed by atoms with E-state index in [1.807, 2.05) is 0 Å². The molecule has 1 aromatic heterocycles. The maximum atomic E-state index is 11.6. The predicted octanol–water partition coefficient (Wildman–Crippen LogP) is 1.07. The molecule has 2 N–H and O–H groups in total. The van der Waals surface area contributed by atoms with Gasteiger partial charge in [-0.05, 0) is 18.2 Å². The van der Waals surface area contributed by atoms with Crippen LogP contribution >= 0.6 is 0 Å². The number of hydrogen-bond donors (Lipinski definition) is 2. The van der Waals surface area contributed by atoms with Gasteiger partial charge in [0.1, 0.15) is 5.58 Å². The van der Waals surface area contributed by atoms with Crippen LogP contribution in [0.1, 0.15) is 10.6 Å². The second-order valence-corrected chi connectivity index (χ2v) is 4.16. The van der Waals surface area contributed by atoms with E-state index < -0.39 is 28.2 Å². The number of carbonyl (C=O) groups is 1. The fourth-order valence-corrected chi connectivity index (χ4v) is 1.75. The molecule has 0 spiro atoms. The summed E-state index contributed by atoms with van der Waals surface area (Å²) in [4.78, 5) is 22.3. The van der Waals surface area contributed by atoms with E-state index in [0.717, 1.165) is 6.07 Å². The fourth-order valence-electron chi connectivity index (χ4n) is 1.35. The Balaban J connectivity index is 2.77. The molecular formula is C10H6O6S. The zero-order chi connectivity index (χ0) is 12.6. The predicted molar refractivity (Wildman–Crippen MR) is 58.5 cm³/mol. The molecule has 0 aliphatic rings. The number of rotatable bonds is 2. The van der Waals surface area contributed by atoms with Crippen molar-refractivity contribution >= 4 is 28.0 Å². The average molecular weight is 254 g/mol. The standard InChI is InChI=1S/C10H6O6S/c11-7-4-9(10(12)13)16-8-2-1-5(17(14)15)3-6(7)8/h1-4H,(H,12,13)(H,14,15). The number of benzene rings is 1. The first-order valence-electron chi connectivity index (χ1n) is 4.41. The van der Waals surface area contributed by atoms with E-state index in [2.05, 4.69) is 0 Å². The Kier molecular flexibility index (Phi) is 2.78. The van der Waals surface area contributed by atoms with Gasteiger partial charge in [0.15, 0.2) is 16.5 Å². The molecule has 0 aliphatic heterocycles. The van der Waals surface area contributed by atoms with Crippen molar-refractivity contribution in [3.63, 3.8) is 0 Å². The third-order valence-electron chi connectivity index (χ3n) is 2.11. The van der Waals surface area contributed by atoms with Gasteiger partial charge in [-0.15, -0.1) is 0 Å². The SMILES string of the molecule is O=C(O)c1cc(=O)c2cc(S(=O)O)ccc2o1. The normalized spacial score (nSPS) is 12.5. The molecule has 7 heteroatoms. The van der Waals surface area contributed by atoms with Crippen molar-refractivity contribution in [3.05, 3.63) is 40.2 Å². The van der Waals surface area contributed by atoms with E-state index in [9.17, 15) is 13.8 Å². The zero-order valence-corrected chi connectivity index (χ0v) is 9.06. The van der Waals surface area contributed by atoms with Gasteiger partial charge in [-0.25, -0.2) is 9.00 Å². The summed E-state index contributed by atoms with van der Waals surface area (Å²) in [5.41, 5.74) is -0.514. The lowest BCUT2D eigenvalue weighted by atomic mass is 10.2. The highest BCUT2D eigenvalue weighted by molar-refractivity contribution is 7.79. The summed E-state index contributed by atoms with van der Waals surface area (Å²) in [5.74, 6) is -1.82. The smallest absolute Gasteiger partial charge is 0.371 e. The van der Waals surface area contributed by atoms with Crippen LogP contribution in [-0.4, -0.2) is 19.8 Å². The van der Waals surface area contributed by atoms with Crippen molar-refractivity contribution < 1.29 is 23.1 Å². The molecular weight excluding hydrogens is 248 g/mol. The fraction of sp³-hybridized carbons (Fsp3) is 0. The lowest BCUT2D eigenvalue weighted by Crippen LogP contribution is -2.06. The third-order valence-corrected chi connectivity index (χ3v) is 2.77. The Bertz CT molecular complexity index is 687. The van der Waals surface area contributed by atoms with Gasteiger partial charge in [-0.1, -0.05) is 0 Å². The van der Waals surface area contributed by atoms with Gasteiger partial charge in [-0.3, -0.25) is 4.79 Å². The maximum absolute atomic E-state index is 11.6. The topological polar surface area (TPSA) is 105 Å². The van der Waals surface area contributed by atoms with Crippen molar-refractivity contribution in [2.24, 2.45) is 0 Å². The highest BCUT2D eigenvalue weighted by Crippen LogP contribution is 2.16. The first-order chi connectivity index (χ1) is 7.99. The molecule has 1 heterocycles. The molecule has 0 fully saturated rings. The quantitative estimate of drug-likeness (QED) is 0.777. The van der Waals surface area contributed by atoms with Crippen molar-refractivity contribution in [2.75, 3.05) is 0 Å². The van der Waals surface area contributed by atoms with Crippen molar-refractivity contribution in [3.8, 4) is 0 Å². The largest absolute Gasteiger partial charge is 0.475 e. The summed E-state index contributed by atoms with van der Waals surface area (Å²) >= 11 is -2.20. The second-order valence-electron chi connectivity index (χ2n) is 3.19. The Morgan fingerprint density at radius 2 is 2.00 bits per heavy atom. The minimum atomic E-state index is -2.20. The van der Waals surface area contributed by atoms with E-state index in [1.165, 1.54) is 18.2 Å². The van der Waals surface area contributed by atoms with Crippen molar-refractivity contribution in [2.45, 2.75) is 4.90 Å². The van der Waals surface area contributed by atoms with Crippen LogP contribution < -0.4 is 5.43 Å². The Morgan fingerprint density at radius 1 is 1.29 bits per heavy atom. The summed E-state index contributed by atoms with van der Waals surface area (Å²) in [6.45, 7) is 0. The van der Waals surface area contributed by atoms with Crippen molar-refractivity contribution in [1.82, 2.24) is 0 Å². The zero-order valence-electron chi connectivity index (χ0n) is 8.25. The van der Waals surface area contributed by atoms with Gasteiger partial charge in [0.25, 0.3) is 0 Å². The van der Waals surface area contributed by atoms with Crippen LogP contribution in [0.2, 0.25) is 0 Å². The summed E-state index contributed by atoms with van der Waals surface area (Å²) in [6, 6.07) is 4.59. The number of hydrogen-bond acceptors (Lipinski definition) is 4. The van der Waals surface area contributed by atoms with Gasteiger partial charge in [0.2, 0.25) is 5.76 Å². The molecule has 2 aromatic rings. The molecule has 0 saturated heterocycles. The minimum absolute atomic E-state index is 0.0490. The number of carboxylic acid groups (broad SMARTS) is 1. The molecule has 88 valence electrons. The molecule has 0 saturated carbocycles. The lowest BCUT2D eigenvalue weighted by Gasteiger charge is -2.00. The van der Waals surface area contributed by atoms with Crippen LogP contribution in [0.15, 0.2) is 38.4 Å². The van der Waals surface area contributed by atoms with Gasteiger partial charge in [0.05, 0.1) is 10.3 Å².